The molecule has 4 aromatic rings. The van der Waals surface area contributed by atoms with E-state index in [2.05, 4.69) is 0 Å². The van der Waals surface area contributed by atoms with E-state index >= 15 is 0 Å². The van der Waals surface area contributed by atoms with Gasteiger partial charge in [0.15, 0.2) is 11.5 Å². The molecule has 3 aromatic carbocycles. The van der Waals surface area contributed by atoms with Crippen molar-refractivity contribution in [3.8, 4) is 22.6 Å². The first-order chi connectivity index (χ1) is 16.6. The zero-order chi connectivity index (χ0) is 25.3. The number of hydrogen-bond donors (Lipinski definition) is 0. The molecule has 0 N–H and O–H groups in total. The number of halogens is 1. The van der Waals surface area contributed by atoms with Crippen molar-refractivity contribution in [2.45, 2.75) is 13.0 Å². The first kappa shape index (κ1) is 24.5. The average Bonchev–Trinajstić information content (AvgIpc) is 3.07. The summed E-state index contributed by atoms with van der Waals surface area (Å²) in [6, 6.07) is 15.9. The average molecular weight is 499 g/mol. The second-order valence-electron chi connectivity index (χ2n) is 8.35. The molecular weight excluding hydrogens is 471 g/mol. The number of fused-ring (bicyclic) bond motifs is 1. The molecule has 0 bridgehead atoms. The zero-order valence-corrected chi connectivity index (χ0v) is 20.8. The van der Waals surface area contributed by atoms with Gasteiger partial charge < -0.3 is 9.47 Å². The number of nitrogens with zero attached hydrogens (tertiary/aromatic N) is 2. The van der Waals surface area contributed by atoms with Crippen molar-refractivity contribution in [2.24, 2.45) is 7.05 Å². The lowest BCUT2D eigenvalue weighted by atomic mass is 10.0. The standard InChI is InChI=1S/C26H27FN2O5S/c1-5-34-25-15-18(11-13-24(25)33-3)23(16-35(4,31)32)29-21-12-10-17(14-22(21)28(2)26(29)30)19-8-6-7-9-20(19)27/h6-15,23H,5,16H2,1-4H3/t23-/m1/s1. The van der Waals surface area contributed by atoms with Crippen LogP contribution in [0.5, 0.6) is 11.5 Å². The van der Waals surface area contributed by atoms with Gasteiger partial charge in [0.05, 0.1) is 36.5 Å². The summed E-state index contributed by atoms with van der Waals surface area (Å²) in [5, 5.41) is 0. The smallest absolute Gasteiger partial charge is 0.329 e. The third-order valence-corrected chi connectivity index (χ3v) is 6.84. The molecule has 1 atom stereocenters. The summed E-state index contributed by atoms with van der Waals surface area (Å²) in [4.78, 5) is 13.4. The van der Waals surface area contributed by atoms with Gasteiger partial charge in [0.25, 0.3) is 0 Å². The van der Waals surface area contributed by atoms with Crippen molar-refractivity contribution in [1.29, 1.82) is 0 Å². The predicted molar refractivity (Wildman–Crippen MR) is 135 cm³/mol. The summed E-state index contributed by atoms with van der Waals surface area (Å²) >= 11 is 0. The number of ether oxygens (including phenoxy) is 2. The van der Waals surface area contributed by atoms with Gasteiger partial charge in [-0.25, -0.2) is 17.6 Å². The number of rotatable bonds is 8. The SMILES string of the molecule is CCOc1cc([C@@H](CS(C)(=O)=O)n2c(=O)n(C)c3cc(-c4ccccc4F)ccc32)ccc1OC. The van der Waals surface area contributed by atoms with Gasteiger partial charge in [-0.3, -0.25) is 9.13 Å². The van der Waals surface area contributed by atoms with Gasteiger partial charge in [-0.05, 0) is 48.4 Å². The van der Waals surface area contributed by atoms with Crippen molar-refractivity contribution in [3.05, 3.63) is 82.5 Å². The van der Waals surface area contributed by atoms with E-state index in [9.17, 15) is 17.6 Å². The van der Waals surface area contributed by atoms with Crippen molar-refractivity contribution < 1.29 is 22.3 Å². The second kappa shape index (κ2) is 9.58. The minimum Gasteiger partial charge on any atom is -0.493 e. The maximum absolute atomic E-state index is 14.4. The van der Waals surface area contributed by atoms with Gasteiger partial charge in [0.2, 0.25) is 0 Å². The number of benzene rings is 3. The Morgan fingerprint density at radius 1 is 1.00 bits per heavy atom. The van der Waals surface area contributed by atoms with E-state index in [1.165, 1.54) is 22.3 Å². The third kappa shape index (κ3) is 4.81. The Bertz CT molecular complexity index is 1560. The molecule has 7 nitrogen and oxygen atoms in total. The summed E-state index contributed by atoms with van der Waals surface area (Å²) in [6.07, 6.45) is 1.14. The van der Waals surface area contributed by atoms with Crippen LogP contribution in [0.2, 0.25) is 0 Å². The van der Waals surface area contributed by atoms with Crippen molar-refractivity contribution in [3.63, 3.8) is 0 Å². The van der Waals surface area contributed by atoms with E-state index in [1.54, 1.807) is 61.6 Å². The van der Waals surface area contributed by atoms with Crippen molar-refractivity contribution in [1.82, 2.24) is 9.13 Å². The summed E-state index contributed by atoms with van der Waals surface area (Å²) in [5.74, 6) is 0.307. The summed E-state index contributed by atoms with van der Waals surface area (Å²) in [6.45, 7) is 2.23. The molecule has 0 amide bonds. The molecule has 0 spiro atoms. The molecule has 9 heteroatoms. The van der Waals surface area contributed by atoms with Crippen LogP contribution in [-0.4, -0.2) is 43.3 Å². The number of imidazole rings is 1. The Hall–Kier alpha value is -3.59. The van der Waals surface area contributed by atoms with E-state index in [4.69, 9.17) is 9.47 Å². The van der Waals surface area contributed by atoms with Crippen LogP contribution in [0.4, 0.5) is 4.39 Å². The molecule has 0 unspecified atom stereocenters. The number of methoxy groups -OCH3 is 1. The molecule has 0 aliphatic carbocycles. The highest BCUT2D eigenvalue weighted by atomic mass is 32.2. The van der Waals surface area contributed by atoms with E-state index in [-0.39, 0.29) is 17.3 Å². The summed E-state index contributed by atoms with van der Waals surface area (Å²) in [5.41, 5.74) is 2.35. The third-order valence-electron chi connectivity index (χ3n) is 5.92. The summed E-state index contributed by atoms with van der Waals surface area (Å²) in [7, 11) is -0.348. The Morgan fingerprint density at radius 3 is 2.40 bits per heavy atom. The van der Waals surface area contributed by atoms with Crippen LogP contribution in [-0.2, 0) is 16.9 Å². The lowest BCUT2D eigenvalue weighted by Crippen LogP contribution is -2.30. The molecule has 1 heterocycles. The van der Waals surface area contributed by atoms with Crippen molar-refractivity contribution >= 4 is 20.9 Å². The first-order valence-electron chi connectivity index (χ1n) is 11.1. The van der Waals surface area contributed by atoms with Crippen LogP contribution >= 0.6 is 0 Å². The molecule has 0 saturated heterocycles. The summed E-state index contributed by atoms with van der Waals surface area (Å²) < 4.78 is 53.2. The molecule has 35 heavy (non-hydrogen) atoms. The predicted octanol–water partition coefficient (Wildman–Crippen LogP) is 4.19. The van der Waals surface area contributed by atoms with Crippen LogP contribution in [0.25, 0.3) is 22.2 Å². The van der Waals surface area contributed by atoms with Gasteiger partial charge in [-0.2, -0.15) is 0 Å². The number of aromatic nitrogens is 2. The molecule has 4 rings (SSSR count). The largest absolute Gasteiger partial charge is 0.493 e. The lowest BCUT2D eigenvalue weighted by molar-refractivity contribution is 0.310. The van der Waals surface area contributed by atoms with Crippen molar-refractivity contribution in [2.75, 3.05) is 25.7 Å². The number of aryl methyl sites for hydroxylation is 1. The van der Waals surface area contributed by atoms with Gasteiger partial charge in [0.1, 0.15) is 15.7 Å². The fourth-order valence-electron chi connectivity index (χ4n) is 4.30. The Morgan fingerprint density at radius 2 is 1.74 bits per heavy atom. The molecular formula is C26H27FN2O5S. The van der Waals surface area contributed by atoms with Crippen LogP contribution in [0.15, 0.2) is 65.5 Å². The lowest BCUT2D eigenvalue weighted by Gasteiger charge is -2.20. The number of hydrogen-bond acceptors (Lipinski definition) is 5. The van der Waals surface area contributed by atoms with Gasteiger partial charge in [-0.1, -0.05) is 30.3 Å². The Kier molecular flexibility index (Phi) is 6.71. The maximum atomic E-state index is 14.4. The highest BCUT2D eigenvalue weighted by Crippen LogP contribution is 2.34. The number of sulfone groups is 1. The highest BCUT2D eigenvalue weighted by molar-refractivity contribution is 7.90. The minimum atomic E-state index is -3.48. The second-order valence-corrected chi connectivity index (χ2v) is 10.5. The molecule has 0 aliphatic heterocycles. The normalized spacial score (nSPS) is 12.6. The van der Waals surface area contributed by atoms with E-state index in [0.717, 1.165) is 6.26 Å². The van der Waals surface area contributed by atoms with Crippen LogP contribution in [0, 0.1) is 5.82 Å². The van der Waals surface area contributed by atoms with Crippen LogP contribution in [0.1, 0.15) is 18.5 Å². The van der Waals surface area contributed by atoms with E-state index in [1.807, 2.05) is 6.92 Å². The topological polar surface area (TPSA) is 79.5 Å². The highest BCUT2D eigenvalue weighted by Gasteiger charge is 2.26. The fraction of sp³-hybridized carbons (Fsp3) is 0.269. The Labute approximate surface area is 203 Å². The molecule has 0 fully saturated rings. The zero-order valence-electron chi connectivity index (χ0n) is 20.0. The molecule has 0 aliphatic rings. The van der Waals surface area contributed by atoms with Gasteiger partial charge in [-0.15, -0.1) is 0 Å². The monoisotopic (exact) mass is 498 g/mol. The molecule has 1 aromatic heterocycles. The van der Waals surface area contributed by atoms with Gasteiger partial charge >= 0.3 is 5.69 Å². The van der Waals surface area contributed by atoms with E-state index < -0.39 is 15.9 Å². The fourth-order valence-corrected chi connectivity index (χ4v) is 5.22. The quantitative estimate of drug-likeness (QED) is 0.364. The molecule has 0 saturated carbocycles. The Balaban J connectivity index is 1.94. The first-order valence-corrected chi connectivity index (χ1v) is 13.1. The molecule has 184 valence electrons. The van der Waals surface area contributed by atoms with Crippen LogP contribution in [0.3, 0.4) is 0 Å². The van der Waals surface area contributed by atoms with Crippen LogP contribution < -0.4 is 15.2 Å². The molecule has 0 radical (unpaired) electrons. The maximum Gasteiger partial charge on any atom is 0.329 e. The minimum absolute atomic E-state index is 0.293. The van der Waals surface area contributed by atoms with Gasteiger partial charge in [0, 0.05) is 18.9 Å². The van der Waals surface area contributed by atoms with E-state index in [0.29, 0.717) is 45.8 Å².